The summed E-state index contributed by atoms with van der Waals surface area (Å²) >= 11 is 2.02. The van der Waals surface area contributed by atoms with Crippen molar-refractivity contribution in [3.63, 3.8) is 0 Å². The van der Waals surface area contributed by atoms with Crippen LogP contribution in [0.1, 0.15) is 63.9 Å². The molecule has 3 aromatic rings. The van der Waals surface area contributed by atoms with Gasteiger partial charge >= 0.3 is 17.9 Å². The van der Waals surface area contributed by atoms with E-state index in [-0.39, 0.29) is 18.3 Å². The predicted molar refractivity (Wildman–Crippen MR) is 172 cm³/mol. The second-order valence-electron chi connectivity index (χ2n) is 11.8. The zero-order valence-corrected chi connectivity index (χ0v) is 27.4. The van der Waals surface area contributed by atoms with E-state index in [4.69, 9.17) is 9.47 Å². The van der Waals surface area contributed by atoms with Crippen molar-refractivity contribution in [2.75, 3.05) is 18.4 Å². The predicted octanol–water partition coefficient (Wildman–Crippen LogP) is 5.74. The van der Waals surface area contributed by atoms with Crippen molar-refractivity contribution in [1.82, 2.24) is 19.8 Å². The van der Waals surface area contributed by atoms with Crippen molar-refractivity contribution < 1.29 is 23.9 Å². The highest BCUT2D eigenvalue weighted by Crippen LogP contribution is 2.18. The van der Waals surface area contributed by atoms with Crippen molar-refractivity contribution in [1.29, 1.82) is 0 Å². The molecule has 0 spiro atoms. The molecule has 0 radical (unpaired) electrons. The first-order valence-electron chi connectivity index (χ1n) is 13.8. The van der Waals surface area contributed by atoms with Gasteiger partial charge in [0.25, 0.3) is 5.91 Å². The smallest absolute Gasteiger partial charge is 0.410 e. The lowest BCUT2D eigenvalue weighted by atomic mass is 10.2. The van der Waals surface area contributed by atoms with Crippen molar-refractivity contribution >= 4 is 46.5 Å². The fourth-order valence-electron chi connectivity index (χ4n) is 3.79. The maximum atomic E-state index is 13.0. The molecule has 0 fully saturated rings. The first-order valence-corrected chi connectivity index (χ1v) is 14.9. The van der Waals surface area contributed by atoms with Gasteiger partial charge in [0.15, 0.2) is 5.82 Å². The summed E-state index contributed by atoms with van der Waals surface area (Å²) in [6.07, 6.45) is 1.11. The molecular formula is C31H38IN5O6. The van der Waals surface area contributed by atoms with Crippen LogP contribution in [0.2, 0.25) is 0 Å². The van der Waals surface area contributed by atoms with E-state index in [9.17, 15) is 19.2 Å². The number of aromatic nitrogens is 2. The average Bonchev–Trinajstić information content (AvgIpc) is 2.91. The van der Waals surface area contributed by atoms with Gasteiger partial charge in [0, 0.05) is 31.4 Å². The van der Waals surface area contributed by atoms with Crippen LogP contribution in [0.3, 0.4) is 0 Å². The van der Waals surface area contributed by atoms with Gasteiger partial charge in [-0.2, -0.15) is 4.98 Å². The molecule has 2 aromatic carbocycles. The molecule has 1 heterocycles. The molecule has 0 saturated heterocycles. The summed E-state index contributed by atoms with van der Waals surface area (Å²) in [6.45, 7) is 11.7. The Bertz CT molecular complexity index is 1480. The molecule has 0 saturated carbocycles. The summed E-state index contributed by atoms with van der Waals surface area (Å²) in [6, 6.07) is 15.8. The van der Waals surface area contributed by atoms with Crippen LogP contribution in [0.25, 0.3) is 5.69 Å². The van der Waals surface area contributed by atoms with Crippen LogP contribution in [0, 0.1) is 3.57 Å². The third-order valence-electron chi connectivity index (χ3n) is 5.66. The van der Waals surface area contributed by atoms with E-state index in [0.717, 1.165) is 5.56 Å². The second kappa shape index (κ2) is 14.5. The van der Waals surface area contributed by atoms with E-state index in [0.29, 0.717) is 34.3 Å². The highest BCUT2D eigenvalue weighted by molar-refractivity contribution is 14.1. The highest BCUT2D eigenvalue weighted by Gasteiger charge is 2.23. The molecule has 0 unspecified atom stereocenters. The van der Waals surface area contributed by atoms with E-state index >= 15 is 0 Å². The van der Waals surface area contributed by atoms with Gasteiger partial charge < -0.3 is 25.0 Å². The van der Waals surface area contributed by atoms with Crippen molar-refractivity contribution in [2.24, 2.45) is 0 Å². The maximum Gasteiger partial charge on any atom is 0.410 e. The molecule has 0 bridgehead atoms. The second-order valence-corrected chi connectivity index (χ2v) is 12.9. The number of nitrogens with one attached hydrogen (secondary N) is 2. The van der Waals surface area contributed by atoms with E-state index in [1.54, 1.807) is 89.0 Å². The van der Waals surface area contributed by atoms with Crippen LogP contribution in [0.15, 0.2) is 65.6 Å². The Morgan fingerprint density at radius 3 is 2.16 bits per heavy atom. The summed E-state index contributed by atoms with van der Waals surface area (Å²) in [7, 11) is 0. The lowest BCUT2D eigenvalue weighted by Crippen LogP contribution is -2.38. The van der Waals surface area contributed by atoms with Crippen LogP contribution in [0.5, 0.6) is 0 Å². The molecule has 1 aromatic heterocycles. The lowest BCUT2D eigenvalue weighted by molar-refractivity contribution is 0.0231. The van der Waals surface area contributed by atoms with Crippen LogP contribution in [0.4, 0.5) is 15.4 Å². The van der Waals surface area contributed by atoms with Gasteiger partial charge in [0.2, 0.25) is 0 Å². The van der Waals surface area contributed by atoms with E-state index < -0.39 is 29.1 Å². The molecule has 43 heavy (non-hydrogen) atoms. The number of hydrogen-bond acceptors (Lipinski definition) is 7. The number of benzene rings is 2. The Morgan fingerprint density at radius 2 is 1.56 bits per heavy atom. The molecular weight excluding hydrogens is 665 g/mol. The topological polar surface area (TPSA) is 132 Å². The molecule has 3 rings (SSSR count). The van der Waals surface area contributed by atoms with Gasteiger partial charge in [-0.25, -0.2) is 14.4 Å². The largest absolute Gasteiger partial charge is 0.444 e. The molecule has 0 atom stereocenters. The number of halogens is 1. The van der Waals surface area contributed by atoms with Crippen molar-refractivity contribution in [3.05, 3.63) is 86.0 Å². The summed E-state index contributed by atoms with van der Waals surface area (Å²) in [5.41, 5.74) is 0.0246. The Kier molecular flexibility index (Phi) is 11.3. The maximum absolute atomic E-state index is 13.0. The third-order valence-corrected chi connectivity index (χ3v) is 6.45. The molecule has 3 amide bonds. The van der Waals surface area contributed by atoms with Gasteiger partial charge in [0.05, 0.1) is 9.26 Å². The number of carbonyl (C=O) groups is 3. The molecule has 2 N–H and O–H groups in total. The summed E-state index contributed by atoms with van der Waals surface area (Å²) < 4.78 is 12.8. The zero-order valence-electron chi connectivity index (χ0n) is 25.3. The van der Waals surface area contributed by atoms with Crippen LogP contribution >= 0.6 is 22.6 Å². The fourth-order valence-corrected chi connectivity index (χ4v) is 4.33. The van der Waals surface area contributed by atoms with Gasteiger partial charge in [-0.3, -0.25) is 9.36 Å². The zero-order chi connectivity index (χ0) is 31.8. The van der Waals surface area contributed by atoms with Crippen molar-refractivity contribution in [3.8, 4) is 5.69 Å². The van der Waals surface area contributed by atoms with Crippen LogP contribution < -0.4 is 16.3 Å². The van der Waals surface area contributed by atoms with Gasteiger partial charge in [-0.1, -0.05) is 30.3 Å². The molecule has 0 aliphatic heterocycles. The SMILES string of the molecule is CC(C)(C)OC(=O)NCCCN(Cc1ccc(-n2cc(I)c(NC(=O)c3ccccc3)nc2=O)cc1)C(=O)OC(C)(C)C. The third kappa shape index (κ3) is 11.0. The summed E-state index contributed by atoms with van der Waals surface area (Å²) in [5, 5.41) is 5.39. The first kappa shape index (κ1) is 33.6. The van der Waals surface area contributed by atoms with Crippen molar-refractivity contribution in [2.45, 2.75) is 65.7 Å². The monoisotopic (exact) mass is 703 g/mol. The Labute approximate surface area is 265 Å². The number of carbonyl (C=O) groups excluding carboxylic acids is 3. The Morgan fingerprint density at radius 1 is 0.930 bits per heavy atom. The number of anilines is 1. The minimum Gasteiger partial charge on any atom is -0.444 e. The highest BCUT2D eigenvalue weighted by atomic mass is 127. The Hall–Kier alpha value is -3.94. The minimum absolute atomic E-state index is 0.182. The quantitative estimate of drug-likeness (QED) is 0.215. The van der Waals surface area contributed by atoms with Gasteiger partial charge in [0.1, 0.15) is 11.2 Å². The minimum atomic E-state index is -0.675. The number of rotatable bonds is 9. The number of alkyl carbamates (subject to hydrolysis) is 1. The number of ether oxygens (including phenoxy) is 2. The first-order chi connectivity index (χ1) is 20.1. The number of amides is 3. The summed E-state index contributed by atoms with van der Waals surface area (Å²) in [5.74, 6) is -0.177. The summed E-state index contributed by atoms with van der Waals surface area (Å²) in [4.78, 5) is 55.9. The molecule has 230 valence electrons. The van der Waals surface area contributed by atoms with Gasteiger partial charge in [-0.05, 0) is 100 Å². The normalized spacial score (nSPS) is 11.4. The molecule has 0 aliphatic carbocycles. The van der Waals surface area contributed by atoms with Crippen LogP contribution in [-0.4, -0.2) is 56.8 Å². The van der Waals surface area contributed by atoms with E-state index in [2.05, 4.69) is 15.6 Å². The molecule has 0 aliphatic rings. The van der Waals surface area contributed by atoms with Gasteiger partial charge in [-0.15, -0.1) is 0 Å². The molecule has 11 nitrogen and oxygen atoms in total. The van der Waals surface area contributed by atoms with Crippen LogP contribution in [-0.2, 0) is 16.0 Å². The number of nitrogens with zero attached hydrogens (tertiary/aromatic N) is 3. The number of hydrogen-bond donors (Lipinski definition) is 2. The lowest BCUT2D eigenvalue weighted by Gasteiger charge is -2.27. The fraction of sp³-hybridized carbons (Fsp3) is 0.387. The standard InChI is InChI=1S/C31H38IN5O6/c1-30(2,3)42-28(40)33-17-10-18-36(29(41)43-31(4,5)6)19-21-13-15-23(16-14-21)37-20-24(32)25(35-27(37)39)34-26(38)22-11-8-7-9-12-22/h7-9,11-16,20H,10,17-19H2,1-6H3,(H,33,40)(H,34,35,38,39). The Balaban J connectivity index is 1.69. The van der Waals surface area contributed by atoms with E-state index in [1.165, 1.54) is 4.57 Å². The molecule has 12 heteroatoms. The van der Waals surface area contributed by atoms with E-state index in [1.807, 2.05) is 40.8 Å². The average molecular weight is 704 g/mol.